The van der Waals surface area contributed by atoms with Crippen molar-refractivity contribution < 1.29 is 4.79 Å². The maximum atomic E-state index is 12.6. The van der Waals surface area contributed by atoms with E-state index in [-0.39, 0.29) is 5.78 Å². The number of hydrogen-bond donors (Lipinski definition) is 1. The van der Waals surface area contributed by atoms with Gasteiger partial charge in [0, 0.05) is 11.3 Å². The van der Waals surface area contributed by atoms with Gasteiger partial charge in [-0.2, -0.15) is 0 Å². The van der Waals surface area contributed by atoms with Gasteiger partial charge in [0.15, 0.2) is 10.9 Å². The molecule has 0 radical (unpaired) electrons. The molecule has 0 unspecified atom stereocenters. The van der Waals surface area contributed by atoms with Gasteiger partial charge in [-0.3, -0.25) is 9.69 Å². The van der Waals surface area contributed by atoms with Crippen molar-refractivity contribution in [2.75, 3.05) is 19.4 Å². The summed E-state index contributed by atoms with van der Waals surface area (Å²) in [4.78, 5) is 19.1. The zero-order valence-corrected chi connectivity index (χ0v) is 15.1. The number of hydrogen-bond acceptors (Lipinski definition) is 5. The van der Waals surface area contributed by atoms with Crippen LogP contribution in [0.15, 0.2) is 48.5 Å². The molecule has 4 nitrogen and oxygen atoms in total. The van der Waals surface area contributed by atoms with E-state index in [1.165, 1.54) is 0 Å². The van der Waals surface area contributed by atoms with Crippen molar-refractivity contribution in [1.82, 2.24) is 9.88 Å². The van der Waals surface area contributed by atoms with Gasteiger partial charge in [-0.1, -0.05) is 23.5 Å². The molecule has 3 rings (SSSR count). The topological polar surface area (TPSA) is 45.2 Å². The molecule has 124 valence electrons. The largest absolute Gasteiger partial charge is 0.332 e. The molecular weight excluding hydrogens is 318 g/mol. The number of benzene rings is 2. The third-order valence-corrected chi connectivity index (χ3v) is 5.32. The van der Waals surface area contributed by atoms with E-state index in [0.29, 0.717) is 5.56 Å². The van der Waals surface area contributed by atoms with E-state index in [1.807, 2.05) is 75.3 Å². The maximum absolute atomic E-state index is 12.6. The molecular formula is C19H21N3OS. The Bertz CT molecular complexity index is 833. The lowest BCUT2D eigenvalue weighted by Crippen LogP contribution is -2.45. The number of thiazole rings is 1. The lowest BCUT2D eigenvalue weighted by atomic mass is 9.92. The molecule has 1 heterocycles. The molecule has 0 aliphatic heterocycles. The fraction of sp³-hybridized carbons (Fsp3) is 0.263. The monoisotopic (exact) mass is 339 g/mol. The van der Waals surface area contributed by atoms with Crippen LogP contribution in [0.2, 0.25) is 0 Å². The van der Waals surface area contributed by atoms with E-state index in [4.69, 9.17) is 0 Å². The summed E-state index contributed by atoms with van der Waals surface area (Å²) < 4.78 is 1.15. The number of fused-ring (bicyclic) bond motifs is 1. The molecule has 0 aliphatic carbocycles. The quantitative estimate of drug-likeness (QED) is 0.692. The van der Waals surface area contributed by atoms with Crippen LogP contribution in [0.25, 0.3) is 10.2 Å². The number of Topliss-reactive ketones (excluding diaryl/α,β-unsaturated/α-hetero) is 1. The van der Waals surface area contributed by atoms with Crippen LogP contribution >= 0.6 is 11.3 Å². The Labute approximate surface area is 146 Å². The highest BCUT2D eigenvalue weighted by Crippen LogP contribution is 2.28. The van der Waals surface area contributed by atoms with Gasteiger partial charge in [0.1, 0.15) is 0 Å². The summed E-state index contributed by atoms with van der Waals surface area (Å²) in [5, 5.41) is 4.16. The average Bonchev–Trinajstić information content (AvgIpc) is 2.97. The summed E-state index contributed by atoms with van der Waals surface area (Å²) in [6.45, 7) is 3.87. The summed E-state index contributed by atoms with van der Waals surface area (Å²) in [5.74, 6) is 0.110. The number of para-hydroxylation sites is 1. The molecule has 0 spiro atoms. The normalized spacial score (nSPS) is 11.9. The zero-order chi connectivity index (χ0) is 17.3. The minimum absolute atomic E-state index is 0.110. The van der Waals surface area contributed by atoms with Crippen LogP contribution < -0.4 is 5.32 Å². The Morgan fingerprint density at radius 3 is 2.38 bits per heavy atom. The van der Waals surface area contributed by atoms with Crippen LogP contribution in [0.3, 0.4) is 0 Å². The van der Waals surface area contributed by atoms with Crippen LogP contribution in [0.4, 0.5) is 10.8 Å². The van der Waals surface area contributed by atoms with Crippen LogP contribution in [-0.2, 0) is 0 Å². The second kappa shape index (κ2) is 6.34. The van der Waals surface area contributed by atoms with Gasteiger partial charge < -0.3 is 5.32 Å². The third kappa shape index (κ3) is 3.18. The van der Waals surface area contributed by atoms with E-state index >= 15 is 0 Å². The van der Waals surface area contributed by atoms with Crippen molar-refractivity contribution in [1.29, 1.82) is 0 Å². The lowest BCUT2D eigenvalue weighted by Gasteiger charge is -2.30. The molecule has 0 saturated heterocycles. The SMILES string of the molecule is CN(C)C(C)(C)C(=O)c1ccc(Nc2nc3ccccc3s2)cc1. The molecule has 1 aromatic heterocycles. The number of nitrogens with one attached hydrogen (secondary N) is 1. The van der Waals surface area contributed by atoms with Gasteiger partial charge in [0.25, 0.3) is 0 Å². The zero-order valence-electron chi connectivity index (χ0n) is 14.3. The molecule has 2 aromatic carbocycles. The number of anilines is 2. The van der Waals surface area contributed by atoms with Gasteiger partial charge in [-0.05, 0) is 64.3 Å². The van der Waals surface area contributed by atoms with Gasteiger partial charge in [0.2, 0.25) is 0 Å². The van der Waals surface area contributed by atoms with Crippen LogP contribution in [0.5, 0.6) is 0 Å². The third-order valence-electron chi connectivity index (χ3n) is 4.37. The van der Waals surface area contributed by atoms with Crippen molar-refractivity contribution in [3.63, 3.8) is 0 Å². The minimum atomic E-state index is -0.526. The highest BCUT2D eigenvalue weighted by Gasteiger charge is 2.30. The smallest absolute Gasteiger partial charge is 0.188 e. The fourth-order valence-electron chi connectivity index (χ4n) is 2.31. The lowest BCUT2D eigenvalue weighted by molar-refractivity contribution is 0.0755. The number of aromatic nitrogens is 1. The van der Waals surface area contributed by atoms with Crippen LogP contribution in [-0.4, -0.2) is 35.3 Å². The number of rotatable bonds is 5. The first kappa shape index (κ1) is 16.6. The maximum Gasteiger partial charge on any atom is 0.188 e. The number of carbonyl (C=O) groups excluding carboxylic acids is 1. The summed E-state index contributed by atoms with van der Waals surface area (Å²) in [6.07, 6.45) is 0. The second-order valence-electron chi connectivity index (χ2n) is 6.47. The van der Waals surface area contributed by atoms with Crippen molar-refractivity contribution >= 4 is 38.2 Å². The van der Waals surface area contributed by atoms with Crippen molar-refractivity contribution in [3.05, 3.63) is 54.1 Å². The molecule has 5 heteroatoms. The highest BCUT2D eigenvalue weighted by atomic mass is 32.1. The van der Waals surface area contributed by atoms with E-state index in [0.717, 1.165) is 21.0 Å². The van der Waals surface area contributed by atoms with E-state index in [1.54, 1.807) is 11.3 Å². The summed E-state index contributed by atoms with van der Waals surface area (Å²) >= 11 is 1.61. The number of likely N-dealkylation sites (N-methyl/N-ethyl adjacent to an activating group) is 1. The predicted octanol–water partition coefficient (Wildman–Crippen LogP) is 4.56. The van der Waals surface area contributed by atoms with Crippen molar-refractivity contribution in [2.45, 2.75) is 19.4 Å². The van der Waals surface area contributed by atoms with Gasteiger partial charge in [-0.25, -0.2) is 4.98 Å². The van der Waals surface area contributed by atoms with Gasteiger partial charge in [0.05, 0.1) is 15.8 Å². The summed E-state index contributed by atoms with van der Waals surface area (Å²) in [6, 6.07) is 15.6. The molecule has 0 saturated carbocycles. The predicted molar refractivity (Wildman–Crippen MR) is 101 cm³/mol. The minimum Gasteiger partial charge on any atom is -0.332 e. The fourth-order valence-corrected chi connectivity index (χ4v) is 3.20. The number of ketones is 1. The number of nitrogens with zero attached hydrogens (tertiary/aromatic N) is 2. The summed E-state index contributed by atoms with van der Waals surface area (Å²) in [5.41, 5.74) is 2.10. The average molecular weight is 339 g/mol. The van der Waals surface area contributed by atoms with E-state index in [9.17, 15) is 4.79 Å². The van der Waals surface area contributed by atoms with Crippen molar-refractivity contribution in [2.24, 2.45) is 0 Å². The standard InChI is InChI=1S/C19H21N3OS/c1-19(2,22(3)4)17(23)13-9-11-14(12-10-13)20-18-21-15-7-5-6-8-16(15)24-18/h5-12H,1-4H3,(H,20,21). The van der Waals surface area contributed by atoms with Gasteiger partial charge >= 0.3 is 0 Å². The molecule has 3 aromatic rings. The van der Waals surface area contributed by atoms with Gasteiger partial charge in [-0.15, -0.1) is 0 Å². The second-order valence-corrected chi connectivity index (χ2v) is 7.50. The van der Waals surface area contributed by atoms with E-state index < -0.39 is 5.54 Å². The van der Waals surface area contributed by atoms with Crippen LogP contribution in [0.1, 0.15) is 24.2 Å². The molecule has 0 amide bonds. The Morgan fingerprint density at radius 1 is 1.08 bits per heavy atom. The molecule has 1 N–H and O–H groups in total. The first-order chi connectivity index (χ1) is 11.4. The highest BCUT2D eigenvalue weighted by molar-refractivity contribution is 7.22. The Balaban J connectivity index is 1.78. The van der Waals surface area contributed by atoms with E-state index in [2.05, 4.69) is 16.4 Å². The molecule has 0 aliphatic rings. The number of carbonyl (C=O) groups is 1. The Kier molecular flexibility index (Phi) is 4.39. The molecule has 24 heavy (non-hydrogen) atoms. The Morgan fingerprint density at radius 2 is 1.75 bits per heavy atom. The summed E-state index contributed by atoms with van der Waals surface area (Å²) in [7, 11) is 3.84. The van der Waals surface area contributed by atoms with Crippen molar-refractivity contribution in [3.8, 4) is 0 Å². The molecule has 0 atom stereocenters. The molecule has 0 fully saturated rings. The Hall–Kier alpha value is -2.24. The first-order valence-corrected chi connectivity index (χ1v) is 8.64. The first-order valence-electron chi connectivity index (χ1n) is 7.83. The molecule has 0 bridgehead atoms. The van der Waals surface area contributed by atoms with Crippen LogP contribution in [0, 0.1) is 0 Å².